The standard InChI is InChI=1S/C18H14Cl2N4O3S/c19-13-5-3-10(8-14(13)20)22-15(25)6-4-11-9-28-18(23-11)24-17(27)12-2-1-7-21-16(12)26/h1-3,5,7-9,12H,4,6H2,(H,22,25)(H,23,24,27). The number of thiazole rings is 1. The number of nitrogens with zero attached hydrogens (tertiary/aromatic N) is 2. The van der Waals surface area contributed by atoms with Crippen LogP contribution in [0.15, 0.2) is 40.7 Å². The molecule has 0 aliphatic carbocycles. The van der Waals surface area contributed by atoms with Crippen LogP contribution in [-0.4, -0.2) is 28.9 Å². The number of nitrogens with one attached hydrogen (secondary N) is 2. The Kier molecular flexibility index (Phi) is 6.56. The average molecular weight is 437 g/mol. The van der Waals surface area contributed by atoms with Gasteiger partial charge in [0.2, 0.25) is 11.8 Å². The van der Waals surface area contributed by atoms with E-state index in [0.29, 0.717) is 33.0 Å². The summed E-state index contributed by atoms with van der Waals surface area (Å²) in [5.74, 6) is -2.16. The normalized spacial score (nSPS) is 15.5. The van der Waals surface area contributed by atoms with Crippen molar-refractivity contribution in [3.63, 3.8) is 0 Å². The van der Waals surface area contributed by atoms with E-state index < -0.39 is 17.7 Å². The molecule has 7 nitrogen and oxygen atoms in total. The quantitative estimate of drug-likeness (QED) is 0.673. The first-order chi connectivity index (χ1) is 13.4. The van der Waals surface area contributed by atoms with Crippen molar-refractivity contribution < 1.29 is 14.4 Å². The highest BCUT2D eigenvalue weighted by molar-refractivity contribution is 7.13. The molecule has 0 bridgehead atoms. The minimum atomic E-state index is -0.950. The molecule has 28 heavy (non-hydrogen) atoms. The number of halogens is 2. The number of allylic oxidation sites excluding steroid dienone is 1. The molecule has 10 heteroatoms. The van der Waals surface area contributed by atoms with E-state index in [1.54, 1.807) is 29.7 Å². The van der Waals surface area contributed by atoms with Crippen LogP contribution in [0.2, 0.25) is 10.0 Å². The van der Waals surface area contributed by atoms with E-state index in [4.69, 9.17) is 23.2 Å². The molecule has 1 aliphatic heterocycles. The number of aliphatic imine (C=N–C) groups is 1. The first-order valence-corrected chi connectivity index (χ1v) is 9.81. The van der Waals surface area contributed by atoms with Gasteiger partial charge in [-0.1, -0.05) is 29.3 Å². The second-order valence-electron chi connectivity index (χ2n) is 5.79. The number of carbonyl (C=O) groups is 3. The molecule has 2 aromatic rings. The summed E-state index contributed by atoms with van der Waals surface area (Å²) in [7, 11) is 0. The Labute approximate surface area is 174 Å². The summed E-state index contributed by atoms with van der Waals surface area (Å²) in [5, 5.41) is 8.21. The van der Waals surface area contributed by atoms with E-state index in [1.165, 1.54) is 23.6 Å². The van der Waals surface area contributed by atoms with Crippen molar-refractivity contribution in [3.8, 4) is 0 Å². The third-order valence-electron chi connectivity index (χ3n) is 3.73. The van der Waals surface area contributed by atoms with Gasteiger partial charge in [-0.05, 0) is 30.7 Å². The third kappa shape index (κ3) is 5.25. The van der Waals surface area contributed by atoms with Gasteiger partial charge in [0.15, 0.2) is 5.13 Å². The van der Waals surface area contributed by atoms with Gasteiger partial charge in [0.25, 0.3) is 5.91 Å². The molecule has 2 N–H and O–H groups in total. The summed E-state index contributed by atoms with van der Waals surface area (Å²) in [5.41, 5.74) is 1.21. The first kappa shape index (κ1) is 20.2. The molecule has 3 amide bonds. The van der Waals surface area contributed by atoms with Crippen molar-refractivity contribution in [1.82, 2.24) is 4.98 Å². The van der Waals surface area contributed by atoms with Gasteiger partial charge in [0.1, 0.15) is 5.92 Å². The number of carbonyl (C=O) groups excluding carboxylic acids is 3. The molecule has 144 valence electrons. The Morgan fingerprint density at radius 3 is 2.75 bits per heavy atom. The van der Waals surface area contributed by atoms with Crippen LogP contribution in [0, 0.1) is 5.92 Å². The number of rotatable bonds is 6. The Balaban J connectivity index is 1.50. The van der Waals surface area contributed by atoms with Gasteiger partial charge < -0.3 is 10.6 Å². The smallest absolute Gasteiger partial charge is 0.262 e. The summed E-state index contributed by atoms with van der Waals surface area (Å²) in [6, 6.07) is 4.84. The fourth-order valence-corrected chi connectivity index (χ4v) is 3.39. The highest BCUT2D eigenvalue weighted by Crippen LogP contribution is 2.25. The molecule has 0 radical (unpaired) electrons. The maximum absolute atomic E-state index is 12.1. The zero-order valence-corrected chi connectivity index (χ0v) is 16.6. The first-order valence-electron chi connectivity index (χ1n) is 8.17. The predicted octanol–water partition coefficient (Wildman–Crippen LogP) is 3.74. The van der Waals surface area contributed by atoms with E-state index in [0.717, 1.165) is 0 Å². The van der Waals surface area contributed by atoms with Crippen LogP contribution < -0.4 is 10.6 Å². The van der Waals surface area contributed by atoms with E-state index in [2.05, 4.69) is 20.6 Å². The molecule has 0 spiro atoms. The summed E-state index contributed by atoms with van der Waals surface area (Å²) < 4.78 is 0. The number of hydrogen-bond acceptors (Lipinski definition) is 5. The van der Waals surface area contributed by atoms with E-state index in [1.807, 2.05) is 0 Å². The summed E-state index contributed by atoms with van der Waals surface area (Å²) in [6.07, 6.45) is 4.97. The second-order valence-corrected chi connectivity index (χ2v) is 7.46. The van der Waals surface area contributed by atoms with Crippen molar-refractivity contribution in [2.24, 2.45) is 10.9 Å². The van der Waals surface area contributed by atoms with Crippen LogP contribution in [0.3, 0.4) is 0 Å². The lowest BCUT2D eigenvalue weighted by atomic mass is 10.1. The summed E-state index contributed by atoms with van der Waals surface area (Å²) >= 11 is 13.0. The minimum absolute atomic E-state index is 0.201. The van der Waals surface area contributed by atoms with Crippen molar-refractivity contribution in [2.45, 2.75) is 12.8 Å². The van der Waals surface area contributed by atoms with Gasteiger partial charge >= 0.3 is 0 Å². The zero-order chi connectivity index (χ0) is 20.1. The molecule has 0 saturated carbocycles. The maximum Gasteiger partial charge on any atom is 0.262 e. The van der Waals surface area contributed by atoms with Crippen LogP contribution in [0.5, 0.6) is 0 Å². The number of anilines is 2. The van der Waals surface area contributed by atoms with Crippen LogP contribution in [-0.2, 0) is 20.8 Å². The molecule has 3 rings (SSSR count). The Morgan fingerprint density at radius 2 is 2.00 bits per heavy atom. The minimum Gasteiger partial charge on any atom is -0.326 e. The fraction of sp³-hybridized carbons (Fsp3) is 0.167. The van der Waals surface area contributed by atoms with Crippen LogP contribution >= 0.6 is 34.5 Å². The molecule has 0 saturated heterocycles. The van der Waals surface area contributed by atoms with Crippen LogP contribution in [0.1, 0.15) is 12.1 Å². The van der Waals surface area contributed by atoms with Crippen molar-refractivity contribution in [1.29, 1.82) is 0 Å². The number of dihydropyridines is 1. The SMILES string of the molecule is O=C(CCc1csc(NC(=O)C2C=CC=NC2=O)n1)Nc1ccc(Cl)c(Cl)c1. The topological polar surface area (TPSA) is 101 Å². The fourth-order valence-electron chi connectivity index (χ4n) is 2.34. The van der Waals surface area contributed by atoms with Crippen molar-refractivity contribution >= 4 is 69.3 Å². The molecular formula is C18H14Cl2N4O3S. The number of aromatic nitrogens is 1. The van der Waals surface area contributed by atoms with Gasteiger partial charge in [-0.2, -0.15) is 0 Å². The lowest BCUT2D eigenvalue weighted by Crippen LogP contribution is -2.28. The largest absolute Gasteiger partial charge is 0.326 e. The van der Waals surface area contributed by atoms with Gasteiger partial charge in [-0.3, -0.25) is 14.4 Å². The van der Waals surface area contributed by atoms with Gasteiger partial charge in [-0.15, -0.1) is 11.3 Å². The number of benzene rings is 1. The second kappa shape index (κ2) is 9.09. The van der Waals surface area contributed by atoms with E-state index in [9.17, 15) is 14.4 Å². The molecule has 1 aliphatic rings. The van der Waals surface area contributed by atoms with Gasteiger partial charge in [-0.25, -0.2) is 9.98 Å². The molecule has 1 atom stereocenters. The van der Waals surface area contributed by atoms with Crippen molar-refractivity contribution in [3.05, 3.63) is 51.5 Å². The molecule has 1 aromatic heterocycles. The lowest BCUT2D eigenvalue weighted by Gasteiger charge is -2.09. The summed E-state index contributed by atoms with van der Waals surface area (Å²) in [6.45, 7) is 0. The Morgan fingerprint density at radius 1 is 1.18 bits per heavy atom. The molecule has 0 fully saturated rings. The van der Waals surface area contributed by atoms with Gasteiger partial charge in [0, 0.05) is 23.7 Å². The number of amides is 3. The van der Waals surface area contributed by atoms with E-state index in [-0.39, 0.29) is 12.3 Å². The molecule has 1 unspecified atom stereocenters. The van der Waals surface area contributed by atoms with Gasteiger partial charge in [0.05, 0.1) is 15.7 Å². The highest BCUT2D eigenvalue weighted by Gasteiger charge is 2.25. The number of aryl methyl sites for hydroxylation is 1. The maximum atomic E-state index is 12.1. The van der Waals surface area contributed by atoms with Crippen molar-refractivity contribution in [2.75, 3.05) is 10.6 Å². The Bertz CT molecular complexity index is 987. The Hall–Kier alpha value is -2.55. The van der Waals surface area contributed by atoms with E-state index >= 15 is 0 Å². The monoisotopic (exact) mass is 436 g/mol. The van der Waals surface area contributed by atoms with Crippen LogP contribution in [0.25, 0.3) is 0 Å². The predicted molar refractivity (Wildman–Crippen MR) is 110 cm³/mol. The third-order valence-corrected chi connectivity index (χ3v) is 5.28. The average Bonchev–Trinajstić information content (AvgIpc) is 3.11. The lowest BCUT2D eigenvalue weighted by molar-refractivity contribution is -0.128. The summed E-state index contributed by atoms with van der Waals surface area (Å²) in [4.78, 5) is 43.7. The number of hydrogen-bond donors (Lipinski definition) is 2. The molecular weight excluding hydrogens is 423 g/mol. The van der Waals surface area contributed by atoms with Crippen LogP contribution in [0.4, 0.5) is 10.8 Å². The molecule has 2 heterocycles. The highest BCUT2D eigenvalue weighted by atomic mass is 35.5. The molecule has 1 aromatic carbocycles. The zero-order valence-electron chi connectivity index (χ0n) is 14.3.